The van der Waals surface area contributed by atoms with Crippen LogP contribution in [0.15, 0.2) is 18.2 Å². The summed E-state index contributed by atoms with van der Waals surface area (Å²) in [5.74, 6) is 1.17. The van der Waals surface area contributed by atoms with Crippen LogP contribution in [-0.4, -0.2) is 44.8 Å². The van der Waals surface area contributed by atoms with Gasteiger partial charge in [0.25, 0.3) is 0 Å². The number of hydrogen-bond acceptors (Lipinski definition) is 4. The monoisotopic (exact) mass is 361 g/mol. The first-order chi connectivity index (χ1) is 12.6. The van der Waals surface area contributed by atoms with Crippen molar-refractivity contribution in [3.8, 4) is 11.5 Å². The van der Waals surface area contributed by atoms with E-state index in [1.54, 1.807) is 31.3 Å². The van der Waals surface area contributed by atoms with E-state index in [2.05, 4.69) is 10.6 Å². The van der Waals surface area contributed by atoms with Crippen LogP contribution in [0.2, 0.25) is 0 Å². The van der Waals surface area contributed by atoms with E-state index in [0.29, 0.717) is 24.5 Å². The number of amides is 3. The standard InChI is InChI=1S/C19H27N3O4/c1-25-16-9-8-15(11-17(16)26-2)22-12-14(10-18(22)23)21-19(24)20-13-6-4-3-5-7-13/h8-9,11,13-14H,3-7,10,12H2,1-2H3,(H2,20,21,24)/t14-/m1/s1. The normalized spacial score (nSPS) is 20.8. The maximum atomic E-state index is 12.4. The topological polar surface area (TPSA) is 79.9 Å². The highest BCUT2D eigenvalue weighted by Gasteiger charge is 2.32. The maximum Gasteiger partial charge on any atom is 0.315 e. The van der Waals surface area contributed by atoms with Crippen molar-refractivity contribution >= 4 is 17.6 Å². The highest BCUT2D eigenvalue weighted by Crippen LogP contribution is 2.33. The molecule has 2 N–H and O–H groups in total. The largest absolute Gasteiger partial charge is 0.493 e. The molecule has 3 amide bonds. The molecular formula is C19H27N3O4. The molecule has 1 heterocycles. The molecule has 1 aromatic carbocycles. The molecule has 1 aliphatic carbocycles. The van der Waals surface area contributed by atoms with Crippen LogP contribution in [0.3, 0.4) is 0 Å². The smallest absolute Gasteiger partial charge is 0.315 e. The number of urea groups is 1. The van der Waals surface area contributed by atoms with Gasteiger partial charge < -0.3 is 25.0 Å². The molecule has 0 radical (unpaired) electrons. The van der Waals surface area contributed by atoms with E-state index in [4.69, 9.17) is 9.47 Å². The Morgan fingerprint density at radius 1 is 1.04 bits per heavy atom. The lowest BCUT2D eigenvalue weighted by Crippen LogP contribution is -2.47. The number of hydrogen-bond donors (Lipinski definition) is 2. The Balaban J connectivity index is 1.58. The molecule has 0 aromatic heterocycles. The molecule has 1 aromatic rings. The van der Waals surface area contributed by atoms with Crippen molar-refractivity contribution in [1.29, 1.82) is 0 Å². The molecule has 3 rings (SSSR count). The van der Waals surface area contributed by atoms with E-state index in [-0.39, 0.29) is 24.0 Å². The first-order valence-electron chi connectivity index (χ1n) is 9.20. The predicted octanol–water partition coefficient (Wildman–Crippen LogP) is 2.44. The predicted molar refractivity (Wildman–Crippen MR) is 98.8 cm³/mol. The molecular weight excluding hydrogens is 334 g/mol. The van der Waals surface area contributed by atoms with Gasteiger partial charge in [-0.1, -0.05) is 19.3 Å². The second kappa shape index (κ2) is 8.29. The summed E-state index contributed by atoms with van der Waals surface area (Å²) in [5, 5.41) is 5.97. The van der Waals surface area contributed by atoms with E-state index < -0.39 is 0 Å². The molecule has 7 heteroatoms. The third kappa shape index (κ3) is 4.20. The van der Waals surface area contributed by atoms with E-state index in [0.717, 1.165) is 18.5 Å². The van der Waals surface area contributed by atoms with Gasteiger partial charge in [-0.3, -0.25) is 4.79 Å². The summed E-state index contributed by atoms with van der Waals surface area (Å²) < 4.78 is 10.5. The summed E-state index contributed by atoms with van der Waals surface area (Å²) in [6.45, 7) is 0.451. The average Bonchev–Trinajstić information content (AvgIpc) is 3.01. The zero-order valence-electron chi connectivity index (χ0n) is 15.4. The van der Waals surface area contributed by atoms with Crippen molar-refractivity contribution in [1.82, 2.24) is 10.6 Å². The van der Waals surface area contributed by atoms with Crippen molar-refractivity contribution in [2.75, 3.05) is 25.7 Å². The Labute approximate surface area is 154 Å². The summed E-state index contributed by atoms with van der Waals surface area (Å²) >= 11 is 0. The average molecular weight is 361 g/mol. The van der Waals surface area contributed by atoms with Crippen LogP contribution in [0.1, 0.15) is 38.5 Å². The van der Waals surface area contributed by atoms with Gasteiger partial charge in [0.15, 0.2) is 11.5 Å². The second-order valence-corrected chi connectivity index (χ2v) is 6.90. The minimum atomic E-state index is -0.195. The Morgan fingerprint density at radius 3 is 2.42 bits per heavy atom. The molecule has 0 spiro atoms. The second-order valence-electron chi connectivity index (χ2n) is 6.90. The fourth-order valence-corrected chi connectivity index (χ4v) is 3.71. The lowest BCUT2D eigenvalue weighted by molar-refractivity contribution is -0.117. The number of methoxy groups -OCH3 is 2. The van der Waals surface area contributed by atoms with Crippen molar-refractivity contribution in [2.45, 2.75) is 50.6 Å². The number of anilines is 1. The van der Waals surface area contributed by atoms with Crippen molar-refractivity contribution in [2.24, 2.45) is 0 Å². The van der Waals surface area contributed by atoms with Crippen LogP contribution in [0.4, 0.5) is 10.5 Å². The van der Waals surface area contributed by atoms with Gasteiger partial charge in [-0.25, -0.2) is 4.79 Å². The molecule has 1 saturated heterocycles. The summed E-state index contributed by atoms with van der Waals surface area (Å²) in [5.41, 5.74) is 0.740. The van der Waals surface area contributed by atoms with Crippen LogP contribution in [0.25, 0.3) is 0 Å². The molecule has 2 fully saturated rings. The lowest BCUT2D eigenvalue weighted by Gasteiger charge is -2.24. The van der Waals surface area contributed by atoms with Gasteiger partial charge in [0.1, 0.15) is 0 Å². The Morgan fingerprint density at radius 2 is 1.73 bits per heavy atom. The third-order valence-corrected chi connectivity index (χ3v) is 5.08. The highest BCUT2D eigenvalue weighted by molar-refractivity contribution is 5.97. The van der Waals surface area contributed by atoms with Crippen LogP contribution in [0.5, 0.6) is 11.5 Å². The fourth-order valence-electron chi connectivity index (χ4n) is 3.71. The Hall–Kier alpha value is -2.44. The molecule has 2 aliphatic rings. The van der Waals surface area contributed by atoms with Crippen LogP contribution in [0, 0.1) is 0 Å². The van der Waals surface area contributed by atoms with Gasteiger partial charge in [0.05, 0.1) is 20.3 Å². The van der Waals surface area contributed by atoms with Crippen LogP contribution < -0.4 is 25.0 Å². The summed E-state index contributed by atoms with van der Waals surface area (Å²) in [6.07, 6.45) is 5.95. The molecule has 0 unspecified atom stereocenters. The Kier molecular flexibility index (Phi) is 5.85. The highest BCUT2D eigenvalue weighted by atomic mass is 16.5. The number of nitrogens with zero attached hydrogens (tertiary/aromatic N) is 1. The SMILES string of the molecule is COc1ccc(N2C[C@H](NC(=O)NC3CCCCC3)CC2=O)cc1OC. The van der Waals surface area contributed by atoms with E-state index in [1.165, 1.54) is 19.3 Å². The maximum absolute atomic E-state index is 12.4. The number of rotatable bonds is 5. The first kappa shape index (κ1) is 18.4. The van der Waals surface area contributed by atoms with Gasteiger partial charge in [0, 0.05) is 30.8 Å². The van der Waals surface area contributed by atoms with E-state index in [1.807, 2.05) is 6.07 Å². The van der Waals surface area contributed by atoms with Gasteiger partial charge in [-0.2, -0.15) is 0 Å². The molecule has 0 bridgehead atoms. The van der Waals surface area contributed by atoms with Crippen molar-refractivity contribution in [3.05, 3.63) is 18.2 Å². The number of ether oxygens (including phenoxy) is 2. The zero-order chi connectivity index (χ0) is 18.5. The molecule has 7 nitrogen and oxygen atoms in total. The van der Waals surface area contributed by atoms with Gasteiger partial charge in [-0.15, -0.1) is 0 Å². The van der Waals surface area contributed by atoms with Gasteiger partial charge in [-0.05, 0) is 25.0 Å². The number of carbonyl (C=O) groups is 2. The third-order valence-electron chi connectivity index (χ3n) is 5.08. The molecule has 1 saturated carbocycles. The summed E-state index contributed by atoms with van der Waals surface area (Å²) in [4.78, 5) is 26.3. The zero-order valence-corrected chi connectivity index (χ0v) is 15.4. The lowest BCUT2D eigenvalue weighted by atomic mass is 9.96. The number of benzene rings is 1. The van der Waals surface area contributed by atoms with E-state index >= 15 is 0 Å². The minimum absolute atomic E-state index is 0.0137. The van der Waals surface area contributed by atoms with Crippen molar-refractivity contribution in [3.63, 3.8) is 0 Å². The first-order valence-corrected chi connectivity index (χ1v) is 9.20. The van der Waals surface area contributed by atoms with Gasteiger partial charge >= 0.3 is 6.03 Å². The molecule has 1 atom stereocenters. The van der Waals surface area contributed by atoms with Gasteiger partial charge in [0.2, 0.25) is 5.91 Å². The molecule has 1 aliphatic heterocycles. The van der Waals surface area contributed by atoms with Crippen molar-refractivity contribution < 1.29 is 19.1 Å². The van der Waals surface area contributed by atoms with Crippen LogP contribution >= 0.6 is 0 Å². The summed E-state index contributed by atoms with van der Waals surface area (Å²) in [6, 6.07) is 5.26. The van der Waals surface area contributed by atoms with Crippen LogP contribution in [-0.2, 0) is 4.79 Å². The number of nitrogens with one attached hydrogen (secondary N) is 2. The quantitative estimate of drug-likeness (QED) is 0.844. The van der Waals surface area contributed by atoms with E-state index in [9.17, 15) is 9.59 Å². The molecule has 26 heavy (non-hydrogen) atoms. The minimum Gasteiger partial charge on any atom is -0.493 e. The number of carbonyl (C=O) groups excluding carboxylic acids is 2. The molecule has 142 valence electrons. The fraction of sp³-hybridized carbons (Fsp3) is 0.579. The Bertz CT molecular complexity index is 658. The summed E-state index contributed by atoms with van der Waals surface area (Å²) in [7, 11) is 3.14.